The van der Waals surface area contributed by atoms with Gasteiger partial charge in [0.15, 0.2) is 0 Å². The first-order chi connectivity index (χ1) is 8.29. The van der Waals surface area contributed by atoms with Crippen molar-refractivity contribution in [3.63, 3.8) is 0 Å². The van der Waals surface area contributed by atoms with Crippen LogP contribution in [0.25, 0.3) is 0 Å². The molecule has 0 spiro atoms. The van der Waals surface area contributed by atoms with Crippen LogP contribution >= 0.6 is 0 Å². The monoisotopic (exact) mass is 247 g/mol. The summed E-state index contributed by atoms with van der Waals surface area (Å²) in [6.45, 7) is 9.47. The normalized spacial score (nSPS) is 16.6. The van der Waals surface area contributed by atoms with Crippen LogP contribution in [0.4, 0.5) is 0 Å². The van der Waals surface area contributed by atoms with E-state index in [0.717, 1.165) is 5.56 Å². The number of β-amino-alcohol motifs (C(OH)–C–C–N with tert-alkyl or cyclic N) is 1. The van der Waals surface area contributed by atoms with Gasteiger partial charge in [0.1, 0.15) is 0 Å². The molecule has 3 nitrogen and oxygen atoms in total. The van der Waals surface area contributed by atoms with Gasteiger partial charge in [-0.15, -0.1) is 0 Å². The molecule has 0 bridgehead atoms. The number of rotatable bonds is 1. The molecule has 1 fully saturated rings. The quantitative estimate of drug-likeness (QED) is 0.825. The predicted octanol–water partition coefficient (Wildman–Crippen LogP) is 2.11. The van der Waals surface area contributed by atoms with Gasteiger partial charge in [-0.05, 0) is 35.6 Å². The van der Waals surface area contributed by atoms with E-state index in [1.807, 2.05) is 25.1 Å². The van der Waals surface area contributed by atoms with E-state index in [1.54, 1.807) is 4.90 Å². The Hall–Kier alpha value is -1.35. The van der Waals surface area contributed by atoms with Gasteiger partial charge in [0.05, 0.1) is 6.10 Å². The van der Waals surface area contributed by atoms with Crippen LogP contribution in [-0.2, 0) is 5.41 Å². The first kappa shape index (κ1) is 13.1. The molecule has 1 aliphatic rings. The minimum atomic E-state index is -0.344. The highest BCUT2D eigenvalue weighted by molar-refractivity contribution is 5.95. The molecule has 3 heteroatoms. The van der Waals surface area contributed by atoms with E-state index in [2.05, 4.69) is 20.8 Å². The molecule has 1 amide bonds. The van der Waals surface area contributed by atoms with Crippen molar-refractivity contribution in [3.8, 4) is 0 Å². The van der Waals surface area contributed by atoms with E-state index >= 15 is 0 Å². The number of amides is 1. The molecule has 0 atom stereocenters. The van der Waals surface area contributed by atoms with Gasteiger partial charge in [-0.25, -0.2) is 0 Å². The molecule has 1 saturated heterocycles. The Bertz CT molecular complexity index is 468. The number of benzene rings is 1. The van der Waals surface area contributed by atoms with Crippen LogP contribution < -0.4 is 0 Å². The standard InChI is InChI=1S/C15H21NO2/c1-10-7-11(5-6-13(10)15(2,3)4)14(18)16-8-12(17)9-16/h5-7,12,17H,8-9H2,1-4H3. The van der Waals surface area contributed by atoms with Crippen molar-refractivity contribution in [2.24, 2.45) is 0 Å². The van der Waals surface area contributed by atoms with Crippen LogP contribution in [0.1, 0.15) is 42.3 Å². The zero-order chi connectivity index (χ0) is 13.5. The van der Waals surface area contributed by atoms with Gasteiger partial charge >= 0.3 is 0 Å². The smallest absolute Gasteiger partial charge is 0.254 e. The number of carbonyl (C=O) groups excluding carboxylic acids is 1. The molecule has 18 heavy (non-hydrogen) atoms. The minimum absolute atomic E-state index is 0.0175. The van der Waals surface area contributed by atoms with Gasteiger partial charge in [0.2, 0.25) is 0 Å². The molecule has 1 aromatic carbocycles. The minimum Gasteiger partial charge on any atom is -0.389 e. The summed E-state index contributed by atoms with van der Waals surface area (Å²) in [5.74, 6) is 0.0175. The third-order valence-corrected chi connectivity index (χ3v) is 3.43. The lowest BCUT2D eigenvalue weighted by Gasteiger charge is -2.36. The molecule has 1 aromatic rings. The van der Waals surface area contributed by atoms with Crippen LogP contribution in [0, 0.1) is 6.92 Å². The summed E-state index contributed by atoms with van der Waals surface area (Å²) in [5, 5.41) is 9.23. The van der Waals surface area contributed by atoms with E-state index in [0.29, 0.717) is 18.7 Å². The van der Waals surface area contributed by atoms with Crippen molar-refractivity contribution in [3.05, 3.63) is 34.9 Å². The van der Waals surface area contributed by atoms with Crippen LogP contribution in [0.5, 0.6) is 0 Å². The lowest BCUT2D eigenvalue weighted by molar-refractivity contribution is 0.00589. The predicted molar refractivity (Wildman–Crippen MR) is 71.8 cm³/mol. The number of nitrogens with zero attached hydrogens (tertiary/aromatic N) is 1. The number of hydrogen-bond donors (Lipinski definition) is 1. The van der Waals surface area contributed by atoms with E-state index < -0.39 is 0 Å². The van der Waals surface area contributed by atoms with Crippen LogP contribution in [0.15, 0.2) is 18.2 Å². The van der Waals surface area contributed by atoms with Gasteiger partial charge in [0.25, 0.3) is 5.91 Å². The van der Waals surface area contributed by atoms with Crippen LogP contribution in [-0.4, -0.2) is 35.1 Å². The number of hydrogen-bond acceptors (Lipinski definition) is 2. The van der Waals surface area contributed by atoms with Gasteiger partial charge in [0, 0.05) is 18.7 Å². The summed E-state index contributed by atoms with van der Waals surface area (Å²) >= 11 is 0. The zero-order valence-electron chi connectivity index (χ0n) is 11.5. The molecular formula is C15H21NO2. The Morgan fingerprint density at radius 2 is 1.94 bits per heavy atom. The molecule has 1 N–H and O–H groups in total. The number of carbonyl (C=O) groups is 1. The zero-order valence-corrected chi connectivity index (χ0v) is 11.5. The topological polar surface area (TPSA) is 40.5 Å². The van der Waals surface area contributed by atoms with E-state index in [4.69, 9.17) is 0 Å². The second-order valence-electron chi connectivity index (χ2n) is 6.14. The van der Waals surface area contributed by atoms with Gasteiger partial charge < -0.3 is 10.0 Å². The average Bonchev–Trinajstić information content (AvgIpc) is 2.22. The second kappa shape index (κ2) is 4.39. The number of aliphatic hydroxyl groups is 1. The van der Waals surface area contributed by atoms with Gasteiger partial charge in [-0.2, -0.15) is 0 Å². The van der Waals surface area contributed by atoms with Crippen molar-refractivity contribution < 1.29 is 9.90 Å². The fraction of sp³-hybridized carbons (Fsp3) is 0.533. The largest absolute Gasteiger partial charge is 0.389 e. The summed E-state index contributed by atoms with van der Waals surface area (Å²) in [4.78, 5) is 13.8. The molecule has 0 unspecified atom stereocenters. The maximum absolute atomic E-state index is 12.1. The molecule has 0 radical (unpaired) electrons. The lowest BCUT2D eigenvalue weighted by Crippen LogP contribution is -2.53. The van der Waals surface area contributed by atoms with Crippen molar-refractivity contribution in [2.45, 2.75) is 39.2 Å². The second-order valence-corrected chi connectivity index (χ2v) is 6.14. The van der Waals surface area contributed by atoms with Crippen molar-refractivity contribution >= 4 is 5.91 Å². The SMILES string of the molecule is Cc1cc(C(=O)N2CC(O)C2)ccc1C(C)(C)C. The highest BCUT2D eigenvalue weighted by Gasteiger charge is 2.29. The number of aryl methyl sites for hydroxylation is 1. The van der Waals surface area contributed by atoms with Crippen LogP contribution in [0.3, 0.4) is 0 Å². The Labute approximate surface area is 108 Å². The van der Waals surface area contributed by atoms with Gasteiger partial charge in [-0.1, -0.05) is 26.8 Å². The summed E-state index contributed by atoms with van der Waals surface area (Å²) in [6.07, 6.45) is -0.344. The molecule has 2 rings (SSSR count). The molecule has 0 saturated carbocycles. The fourth-order valence-corrected chi connectivity index (χ4v) is 2.44. The first-order valence-electron chi connectivity index (χ1n) is 6.37. The van der Waals surface area contributed by atoms with Crippen molar-refractivity contribution in [1.82, 2.24) is 4.90 Å². The Morgan fingerprint density at radius 3 is 2.39 bits per heavy atom. The highest BCUT2D eigenvalue weighted by atomic mass is 16.3. The maximum Gasteiger partial charge on any atom is 0.254 e. The first-order valence-corrected chi connectivity index (χ1v) is 6.37. The Morgan fingerprint density at radius 1 is 1.33 bits per heavy atom. The highest BCUT2D eigenvalue weighted by Crippen LogP contribution is 2.26. The molecule has 98 valence electrons. The van der Waals surface area contributed by atoms with Crippen LogP contribution in [0.2, 0.25) is 0 Å². The third-order valence-electron chi connectivity index (χ3n) is 3.43. The van der Waals surface area contributed by atoms with Crippen molar-refractivity contribution in [1.29, 1.82) is 0 Å². The van der Waals surface area contributed by atoms with E-state index in [1.165, 1.54) is 5.56 Å². The van der Waals surface area contributed by atoms with E-state index in [9.17, 15) is 9.90 Å². The Balaban J connectivity index is 2.21. The fourth-order valence-electron chi connectivity index (χ4n) is 2.44. The summed E-state index contributed by atoms with van der Waals surface area (Å²) < 4.78 is 0. The summed E-state index contributed by atoms with van der Waals surface area (Å²) in [7, 11) is 0. The Kier molecular flexibility index (Phi) is 3.20. The molecular weight excluding hydrogens is 226 g/mol. The molecule has 0 aromatic heterocycles. The van der Waals surface area contributed by atoms with Crippen molar-refractivity contribution in [2.75, 3.05) is 13.1 Å². The molecule has 1 heterocycles. The number of aliphatic hydroxyl groups excluding tert-OH is 1. The summed E-state index contributed by atoms with van der Waals surface area (Å²) in [6, 6.07) is 5.88. The number of likely N-dealkylation sites (tertiary alicyclic amines) is 1. The third kappa shape index (κ3) is 2.41. The molecule has 0 aliphatic carbocycles. The average molecular weight is 247 g/mol. The maximum atomic E-state index is 12.1. The molecule has 1 aliphatic heterocycles. The van der Waals surface area contributed by atoms with E-state index in [-0.39, 0.29) is 17.4 Å². The lowest BCUT2D eigenvalue weighted by atomic mass is 9.83. The summed E-state index contributed by atoms with van der Waals surface area (Å²) in [5.41, 5.74) is 3.23. The van der Waals surface area contributed by atoms with Gasteiger partial charge in [-0.3, -0.25) is 4.79 Å².